The minimum absolute atomic E-state index is 0.222. The molecule has 1 aromatic carbocycles. The molecule has 176 valence electrons. The summed E-state index contributed by atoms with van der Waals surface area (Å²) in [5.74, 6) is -0.993. The van der Waals surface area contributed by atoms with Gasteiger partial charge in [-0.3, -0.25) is 10.1 Å². The zero-order valence-corrected chi connectivity index (χ0v) is 22.6. The van der Waals surface area contributed by atoms with Crippen molar-refractivity contribution in [3.63, 3.8) is 0 Å². The van der Waals surface area contributed by atoms with Crippen LogP contribution in [0.15, 0.2) is 43.0 Å². The largest absolute Gasteiger partial charge is 0.459 e. The standard InChI is InChI=1S/C25H33ClFIN2O2/c1-8-9-10-13-25(16-29,19-12-11-18(26)14-20(19)27)21(15-24(6,7)28)30-17(2)22(31)32-23(3,4)5/h8-12,14,17,21,30H,1,13,15H2,2-7H3/b10-9-/t17-,21+,25?/m1/s1. The van der Waals surface area contributed by atoms with E-state index in [4.69, 9.17) is 16.3 Å². The number of rotatable bonds is 10. The van der Waals surface area contributed by atoms with E-state index in [0.717, 1.165) is 0 Å². The van der Waals surface area contributed by atoms with Crippen LogP contribution in [-0.2, 0) is 14.9 Å². The van der Waals surface area contributed by atoms with Gasteiger partial charge < -0.3 is 4.74 Å². The number of allylic oxidation sites excluding steroid dienone is 3. The molecule has 0 amide bonds. The summed E-state index contributed by atoms with van der Waals surface area (Å²) in [4.78, 5) is 12.7. The molecule has 0 aliphatic heterocycles. The lowest BCUT2D eigenvalue weighted by Gasteiger charge is -2.40. The fourth-order valence-corrected chi connectivity index (χ4v) is 4.05. The van der Waals surface area contributed by atoms with E-state index in [2.05, 4.69) is 40.6 Å². The van der Waals surface area contributed by atoms with E-state index < -0.39 is 34.9 Å². The topological polar surface area (TPSA) is 62.1 Å². The summed E-state index contributed by atoms with van der Waals surface area (Å²) < 4.78 is 20.4. The van der Waals surface area contributed by atoms with Crippen LogP contribution in [-0.4, -0.2) is 27.1 Å². The fraction of sp³-hybridized carbons (Fsp3) is 0.520. The van der Waals surface area contributed by atoms with Crippen molar-refractivity contribution in [2.75, 3.05) is 0 Å². The number of nitrogens with zero attached hydrogens (tertiary/aromatic N) is 1. The molecule has 1 aromatic rings. The van der Waals surface area contributed by atoms with Gasteiger partial charge in [0.05, 0.1) is 6.07 Å². The van der Waals surface area contributed by atoms with E-state index in [1.807, 2.05) is 13.8 Å². The van der Waals surface area contributed by atoms with Crippen molar-refractivity contribution < 1.29 is 13.9 Å². The maximum absolute atomic E-state index is 15.2. The SMILES string of the molecule is C=C/C=C\CC(C#N)(c1ccc(Cl)cc1F)[C@H](CC(C)(C)I)N[C@H](C)C(=O)OC(C)(C)C. The zero-order chi connectivity index (χ0) is 24.7. The van der Waals surface area contributed by atoms with Gasteiger partial charge in [-0.1, -0.05) is 78.9 Å². The molecule has 0 saturated carbocycles. The number of hydrogen-bond acceptors (Lipinski definition) is 4. The van der Waals surface area contributed by atoms with Gasteiger partial charge in [0.2, 0.25) is 0 Å². The normalized spacial score (nSPS) is 16.1. The van der Waals surface area contributed by atoms with Gasteiger partial charge in [0.25, 0.3) is 0 Å². The first-order chi connectivity index (χ1) is 14.6. The van der Waals surface area contributed by atoms with Crippen LogP contribution in [0.3, 0.4) is 0 Å². The average Bonchev–Trinajstić information content (AvgIpc) is 2.63. The van der Waals surface area contributed by atoms with Gasteiger partial charge in [0, 0.05) is 20.0 Å². The molecule has 0 aliphatic carbocycles. The number of esters is 1. The Labute approximate surface area is 210 Å². The summed E-state index contributed by atoms with van der Waals surface area (Å²) in [6, 6.07) is 5.45. The highest BCUT2D eigenvalue weighted by atomic mass is 127. The fourth-order valence-electron chi connectivity index (χ4n) is 3.45. The molecule has 0 bridgehead atoms. The molecule has 1 rings (SSSR count). The average molecular weight is 575 g/mol. The Balaban J connectivity index is 3.59. The van der Waals surface area contributed by atoms with Crippen molar-refractivity contribution >= 4 is 40.2 Å². The van der Waals surface area contributed by atoms with Crippen LogP contribution >= 0.6 is 34.2 Å². The van der Waals surface area contributed by atoms with Gasteiger partial charge in [-0.05, 0) is 52.7 Å². The number of nitrogens with one attached hydrogen (secondary N) is 1. The maximum atomic E-state index is 15.2. The molecule has 0 aromatic heterocycles. The number of hydrogen-bond donors (Lipinski definition) is 1. The van der Waals surface area contributed by atoms with Gasteiger partial charge in [-0.15, -0.1) is 0 Å². The predicted octanol–water partition coefficient (Wildman–Crippen LogP) is 6.66. The van der Waals surface area contributed by atoms with E-state index in [1.165, 1.54) is 6.07 Å². The second kappa shape index (κ2) is 11.6. The molecule has 7 heteroatoms. The van der Waals surface area contributed by atoms with Crippen LogP contribution < -0.4 is 5.32 Å². The Morgan fingerprint density at radius 1 is 1.38 bits per heavy atom. The number of halogens is 3. The van der Waals surface area contributed by atoms with Gasteiger partial charge in [0.15, 0.2) is 0 Å². The van der Waals surface area contributed by atoms with Crippen molar-refractivity contribution in [2.24, 2.45) is 0 Å². The smallest absolute Gasteiger partial charge is 0.323 e. The van der Waals surface area contributed by atoms with Crippen LogP contribution in [0.4, 0.5) is 4.39 Å². The molecule has 0 saturated heterocycles. The summed E-state index contributed by atoms with van der Waals surface area (Å²) in [7, 11) is 0. The number of ether oxygens (including phenoxy) is 1. The van der Waals surface area contributed by atoms with E-state index >= 15 is 4.39 Å². The Bertz CT molecular complexity index is 883. The summed E-state index contributed by atoms with van der Waals surface area (Å²) in [6.45, 7) is 14.8. The molecule has 0 spiro atoms. The maximum Gasteiger partial charge on any atom is 0.323 e. The second-order valence-corrected chi connectivity index (χ2v) is 12.8. The van der Waals surface area contributed by atoms with Crippen molar-refractivity contribution in [3.05, 3.63) is 59.4 Å². The van der Waals surface area contributed by atoms with E-state index in [-0.39, 0.29) is 20.4 Å². The van der Waals surface area contributed by atoms with Crippen molar-refractivity contribution in [1.82, 2.24) is 5.32 Å². The molecule has 0 aliphatic rings. The first-order valence-electron chi connectivity index (χ1n) is 10.5. The minimum atomic E-state index is -1.30. The Morgan fingerprint density at radius 2 is 2.00 bits per heavy atom. The molecular weight excluding hydrogens is 542 g/mol. The minimum Gasteiger partial charge on any atom is -0.459 e. The quantitative estimate of drug-likeness (QED) is 0.147. The van der Waals surface area contributed by atoms with Crippen molar-refractivity contribution in [1.29, 1.82) is 5.26 Å². The Kier molecular flexibility index (Phi) is 10.4. The molecule has 3 atom stereocenters. The Morgan fingerprint density at radius 3 is 2.47 bits per heavy atom. The van der Waals surface area contributed by atoms with Gasteiger partial charge in [-0.2, -0.15) is 5.26 Å². The monoisotopic (exact) mass is 574 g/mol. The molecule has 0 radical (unpaired) electrons. The highest BCUT2D eigenvalue weighted by molar-refractivity contribution is 14.1. The Hall–Kier alpha value is -1.43. The number of alkyl halides is 1. The van der Waals surface area contributed by atoms with Crippen LogP contribution in [0.2, 0.25) is 5.02 Å². The molecule has 0 fully saturated rings. The summed E-state index contributed by atoms with van der Waals surface area (Å²) in [5, 5.41) is 14.0. The number of carbonyl (C=O) groups excluding carboxylic acids is 1. The van der Waals surface area contributed by atoms with Gasteiger partial charge in [-0.25, -0.2) is 4.39 Å². The molecule has 0 heterocycles. The summed E-state index contributed by atoms with van der Waals surface area (Å²) >= 11 is 8.28. The lowest BCUT2D eigenvalue weighted by atomic mass is 9.69. The van der Waals surface area contributed by atoms with E-state index in [9.17, 15) is 10.1 Å². The van der Waals surface area contributed by atoms with Crippen LogP contribution in [0.5, 0.6) is 0 Å². The molecule has 1 unspecified atom stereocenters. The molecule has 32 heavy (non-hydrogen) atoms. The highest BCUT2D eigenvalue weighted by Crippen LogP contribution is 2.40. The zero-order valence-electron chi connectivity index (χ0n) is 19.6. The third kappa shape index (κ3) is 8.49. The van der Waals surface area contributed by atoms with Gasteiger partial charge in [0.1, 0.15) is 22.9 Å². The van der Waals surface area contributed by atoms with Crippen LogP contribution in [0, 0.1) is 17.1 Å². The first kappa shape index (κ1) is 28.6. The number of benzene rings is 1. The van der Waals surface area contributed by atoms with Crippen molar-refractivity contribution in [3.8, 4) is 6.07 Å². The second-order valence-electron chi connectivity index (χ2n) is 9.47. The summed E-state index contributed by atoms with van der Waals surface area (Å²) in [5.41, 5.74) is -1.72. The number of carbonyl (C=O) groups is 1. The predicted molar refractivity (Wildman–Crippen MR) is 138 cm³/mol. The lowest BCUT2D eigenvalue weighted by Crippen LogP contribution is -2.55. The molecule has 4 nitrogen and oxygen atoms in total. The lowest BCUT2D eigenvalue weighted by molar-refractivity contribution is -0.157. The highest BCUT2D eigenvalue weighted by Gasteiger charge is 2.45. The van der Waals surface area contributed by atoms with Crippen LogP contribution in [0.25, 0.3) is 0 Å². The molecular formula is C25H33ClFIN2O2. The van der Waals surface area contributed by atoms with E-state index in [0.29, 0.717) is 6.42 Å². The summed E-state index contributed by atoms with van der Waals surface area (Å²) in [6.07, 6.45) is 5.84. The third-order valence-electron chi connectivity index (χ3n) is 4.82. The van der Waals surface area contributed by atoms with Gasteiger partial charge >= 0.3 is 5.97 Å². The third-order valence-corrected chi connectivity index (χ3v) is 5.49. The first-order valence-corrected chi connectivity index (χ1v) is 11.9. The number of nitriles is 1. The van der Waals surface area contributed by atoms with Crippen molar-refractivity contribution in [2.45, 2.75) is 80.9 Å². The van der Waals surface area contributed by atoms with E-state index in [1.54, 1.807) is 58.1 Å². The van der Waals surface area contributed by atoms with Crippen LogP contribution in [0.1, 0.15) is 59.9 Å². The molecule has 1 N–H and O–H groups in total.